The smallest absolute Gasteiger partial charge is 0.0598 e. The number of unbranched alkanes of at least 4 members (excludes halogenated alkanes) is 2. The monoisotopic (exact) mass is 277 g/mol. The van der Waals surface area contributed by atoms with E-state index >= 15 is 0 Å². The molecule has 0 radical (unpaired) electrons. The van der Waals surface area contributed by atoms with Crippen molar-refractivity contribution >= 4 is 5.69 Å². The summed E-state index contributed by atoms with van der Waals surface area (Å²) in [5.41, 5.74) is 2.67. The van der Waals surface area contributed by atoms with E-state index in [9.17, 15) is 0 Å². The zero-order valence-corrected chi connectivity index (χ0v) is 13.7. The van der Waals surface area contributed by atoms with Crippen molar-refractivity contribution in [2.45, 2.75) is 66.0 Å². The molecule has 0 aliphatic rings. The molecular formula is C17H31N3. The maximum absolute atomic E-state index is 4.34. The molecule has 0 unspecified atom stereocenters. The van der Waals surface area contributed by atoms with Gasteiger partial charge in [0.2, 0.25) is 0 Å². The van der Waals surface area contributed by atoms with E-state index in [0.29, 0.717) is 6.04 Å². The van der Waals surface area contributed by atoms with Crippen LogP contribution in [0.15, 0.2) is 18.5 Å². The van der Waals surface area contributed by atoms with E-state index in [4.69, 9.17) is 0 Å². The molecule has 1 rings (SSSR count). The first-order valence-electron chi connectivity index (χ1n) is 8.10. The van der Waals surface area contributed by atoms with Crippen LogP contribution in [0.3, 0.4) is 0 Å². The Balaban J connectivity index is 2.81. The molecule has 0 amide bonds. The molecule has 1 N–H and O–H groups in total. The van der Waals surface area contributed by atoms with Crippen molar-refractivity contribution in [1.29, 1.82) is 0 Å². The molecule has 1 aromatic heterocycles. The van der Waals surface area contributed by atoms with Crippen molar-refractivity contribution in [2.75, 3.05) is 18.0 Å². The van der Waals surface area contributed by atoms with Crippen LogP contribution >= 0.6 is 0 Å². The minimum absolute atomic E-state index is 0.510. The van der Waals surface area contributed by atoms with Gasteiger partial charge in [-0.2, -0.15) is 0 Å². The average Bonchev–Trinajstić information content (AvgIpc) is 2.46. The van der Waals surface area contributed by atoms with Gasteiger partial charge in [0.25, 0.3) is 0 Å². The summed E-state index contributed by atoms with van der Waals surface area (Å²) in [5.74, 6) is 0. The summed E-state index contributed by atoms with van der Waals surface area (Å²) < 4.78 is 0. The second-order valence-corrected chi connectivity index (χ2v) is 5.73. The van der Waals surface area contributed by atoms with Gasteiger partial charge >= 0.3 is 0 Å². The van der Waals surface area contributed by atoms with Crippen molar-refractivity contribution in [1.82, 2.24) is 10.3 Å². The molecule has 0 bridgehead atoms. The molecule has 114 valence electrons. The maximum atomic E-state index is 4.34. The molecule has 0 aliphatic heterocycles. The maximum Gasteiger partial charge on any atom is 0.0598 e. The van der Waals surface area contributed by atoms with Gasteiger partial charge in [-0.05, 0) is 24.5 Å². The van der Waals surface area contributed by atoms with E-state index in [1.165, 1.54) is 36.9 Å². The van der Waals surface area contributed by atoms with Crippen LogP contribution in [0.5, 0.6) is 0 Å². The zero-order chi connectivity index (χ0) is 14.8. The Morgan fingerprint density at radius 1 is 1.15 bits per heavy atom. The van der Waals surface area contributed by atoms with Crippen LogP contribution in [0.4, 0.5) is 5.69 Å². The number of rotatable bonds is 10. The highest BCUT2D eigenvalue weighted by Gasteiger charge is 2.11. The summed E-state index contributed by atoms with van der Waals surface area (Å²) in [4.78, 5) is 6.85. The summed E-state index contributed by atoms with van der Waals surface area (Å²) >= 11 is 0. The molecule has 0 saturated heterocycles. The van der Waals surface area contributed by atoms with Crippen LogP contribution < -0.4 is 10.2 Å². The minimum Gasteiger partial charge on any atom is -0.370 e. The van der Waals surface area contributed by atoms with Crippen LogP contribution in [-0.4, -0.2) is 24.1 Å². The molecule has 1 aromatic rings. The van der Waals surface area contributed by atoms with Crippen LogP contribution in [0.1, 0.15) is 58.9 Å². The van der Waals surface area contributed by atoms with Crippen molar-refractivity contribution in [3.63, 3.8) is 0 Å². The number of nitrogens with zero attached hydrogens (tertiary/aromatic N) is 2. The minimum atomic E-state index is 0.510. The molecule has 20 heavy (non-hydrogen) atoms. The predicted molar refractivity (Wildman–Crippen MR) is 88.2 cm³/mol. The molecule has 0 aromatic carbocycles. The predicted octanol–water partition coefficient (Wildman–Crippen LogP) is 3.99. The van der Waals surface area contributed by atoms with Gasteiger partial charge in [0.05, 0.1) is 11.9 Å². The molecular weight excluding hydrogens is 246 g/mol. The lowest BCUT2D eigenvalue weighted by Crippen LogP contribution is -2.29. The van der Waals surface area contributed by atoms with Crippen LogP contribution in [0.25, 0.3) is 0 Å². The van der Waals surface area contributed by atoms with E-state index in [-0.39, 0.29) is 0 Å². The number of hydrogen-bond donors (Lipinski definition) is 1. The molecule has 0 atom stereocenters. The van der Waals surface area contributed by atoms with Crippen LogP contribution in [0, 0.1) is 0 Å². The highest BCUT2D eigenvalue weighted by molar-refractivity contribution is 5.51. The summed E-state index contributed by atoms with van der Waals surface area (Å²) in [5, 5.41) is 3.51. The molecule has 0 saturated carbocycles. The van der Waals surface area contributed by atoms with E-state index in [1.807, 2.05) is 12.4 Å². The zero-order valence-electron chi connectivity index (χ0n) is 13.7. The Morgan fingerprint density at radius 2 is 1.80 bits per heavy atom. The lowest BCUT2D eigenvalue weighted by molar-refractivity contribution is 0.585. The Morgan fingerprint density at radius 3 is 2.35 bits per heavy atom. The fraction of sp³-hybridized carbons (Fsp3) is 0.706. The molecule has 0 aliphatic carbocycles. The topological polar surface area (TPSA) is 28.2 Å². The fourth-order valence-electron chi connectivity index (χ4n) is 2.21. The Kier molecular flexibility index (Phi) is 8.28. The first kappa shape index (κ1) is 17.0. The van der Waals surface area contributed by atoms with Gasteiger partial charge in [0.1, 0.15) is 0 Å². The Hall–Kier alpha value is -1.09. The van der Waals surface area contributed by atoms with Crippen molar-refractivity contribution in [3.8, 4) is 0 Å². The van der Waals surface area contributed by atoms with Crippen molar-refractivity contribution < 1.29 is 0 Å². The standard InChI is InChI=1S/C17H31N3/c1-5-7-11-20(12-8-6-2)17-14-18-10-9-16(17)13-19-15(3)4/h9-10,14-15,19H,5-8,11-13H2,1-4H3. The number of hydrogen-bond acceptors (Lipinski definition) is 3. The van der Waals surface area contributed by atoms with Gasteiger partial charge in [-0.3, -0.25) is 4.98 Å². The summed E-state index contributed by atoms with van der Waals surface area (Å²) in [6, 6.07) is 2.66. The Bertz CT molecular complexity index is 355. The van der Waals surface area contributed by atoms with Gasteiger partial charge in [-0.25, -0.2) is 0 Å². The van der Waals surface area contributed by atoms with Crippen molar-refractivity contribution in [3.05, 3.63) is 24.0 Å². The quantitative estimate of drug-likeness (QED) is 0.701. The lowest BCUT2D eigenvalue weighted by Gasteiger charge is -2.27. The van der Waals surface area contributed by atoms with Crippen LogP contribution in [0.2, 0.25) is 0 Å². The fourth-order valence-corrected chi connectivity index (χ4v) is 2.21. The van der Waals surface area contributed by atoms with Gasteiger partial charge < -0.3 is 10.2 Å². The third kappa shape index (κ3) is 5.91. The second kappa shape index (κ2) is 9.76. The molecule has 0 fully saturated rings. The van der Waals surface area contributed by atoms with E-state index in [0.717, 1.165) is 19.6 Å². The molecule has 1 heterocycles. The average molecular weight is 277 g/mol. The van der Waals surface area contributed by atoms with Gasteiger partial charge in [-0.15, -0.1) is 0 Å². The van der Waals surface area contributed by atoms with Crippen LogP contribution in [-0.2, 0) is 6.54 Å². The normalized spacial score (nSPS) is 11.1. The lowest BCUT2D eigenvalue weighted by atomic mass is 10.1. The Labute approximate surface area is 124 Å². The molecule has 0 spiro atoms. The van der Waals surface area contributed by atoms with E-state index < -0.39 is 0 Å². The number of pyridine rings is 1. The highest BCUT2D eigenvalue weighted by atomic mass is 15.1. The van der Waals surface area contributed by atoms with Gasteiger partial charge in [-0.1, -0.05) is 40.5 Å². The number of anilines is 1. The van der Waals surface area contributed by atoms with Gasteiger partial charge in [0, 0.05) is 31.9 Å². The third-order valence-corrected chi connectivity index (χ3v) is 3.49. The van der Waals surface area contributed by atoms with E-state index in [1.54, 1.807) is 0 Å². The van der Waals surface area contributed by atoms with E-state index in [2.05, 4.69) is 49.0 Å². The largest absolute Gasteiger partial charge is 0.370 e. The van der Waals surface area contributed by atoms with Gasteiger partial charge in [0.15, 0.2) is 0 Å². The highest BCUT2D eigenvalue weighted by Crippen LogP contribution is 2.20. The first-order chi connectivity index (χ1) is 9.69. The first-order valence-corrected chi connectivity index (χ1v) is 8.10. The number of aromatic nitrogens is 1. The SMILES string of the molecule is CCCCN(CCCC)c1cnccc1CNC(C)C. The third-order valence-electron chi connectivity index (χ3n) is 3.49. The molecule has 3 heteroatoms. The number of nitrogens with one attached hydrogen (secondary N) is 1. The molecule has 3 nitrogen and oxygen atoms in total. The summed E-state index contributed by atoms with van der Waals surface area (Å²) in [6.45, 7) is 12.1. The van der Waals surface area contributed by atoms with Crippen molar-refractivity contribution in [2.24, 2.45) is 0 Å². The summed E-state index contributed by atoms with van der Waals surface area (Å²) in [6.07, 6.45) is 8.90. The summed E-state index contributed by atoms with van der Waals surface area (Å²) in [7, 11) is 0. The second-order valence-electron chi connectivity index (χ2n) is 5.73.